The molecule has 1 atom stereocenters. The van der Waals surface area contributed by atoms with E-state index in [0.29, 0.717) is 6.54 Å². The summed E-state index contributed by atoms with van der Waals surface area (Å²) < 4.78 is 5.69. The molecule has 2 aromatic rings. The third-order valence-electron chi connectivity index (χ3n) is 3.34. The van der Waals surface area contributed by atoms with Crippen molar-refractivity contribution in [3.8, 4) is 11.1 Å². The van der Waals surface area contributed by atoms with Crippen molar-refractivity contribution in [1.29, 1.82) is 0 Å². The minimum Gasteiger partial charge on any atom is -0.372 e. The third-order valence-corrected chi connectivity index (χ3v) is 3.34. The SMILES string of the molecule is NCC1OCCc2c(-c3ccnnc3)cccc21. The van der Waals surface area contributed by atoms with Crippen LogP contribution in [0.25, 0.3) is 11.1 Å². The molecule has 3 rings (SSSR count). The summed E-state index contributed by atoms with van der Waals surface area (Å²) >= 11 is 0. The molecule has 18 heavy (non-hydrogen) atoms. The molecular formula is C14H15N3O. The van der Waals surface area contributed by atoms with Crippen LogP contribution in [0.15, 0.2) is 36.7 Å². The minimum absolute atomic E-state index is 0.0171. The lowest BCUT2D eigenvalue weighted by atomic mass is 9.90. The molecule has 4 nitrogen and oxygen atoms in total. The summed E-state index contributed by atoms with van der Waals surface area (Å²) in [7, 11) is 0. The van der Waals surface area contributed by atoms with E-state index in [1.54, 1.807) is 12.4 Å². The Morgan fingerprint density at radius 3 is 3.00 bits per heavy atom. The Bertz CT molecular complexity index is 542. The second kappa shape index (κ2) is 4.84. The molecule has 1 aromatic heterocycles. The molecule has 2 N–H and O–H groups in total. The van der Waals surface area contributed by atoms with Crippen molar-refractivity contribution < 1.29 is 4.74 Å². The van der Waals surface area contributed by atoms with Gasteiger partial charge in [-0.05, 0) is 29.2 Å². The van der Waals surface area contributed by atoms with Gasteiger partial charge >= 0.3 is 0 Å². The molecular weight excluding hydrogens is 226 g/mol. The van der Waals surface area contributed by atoms with Gasteiger partial charge in [-0.3, -0.25) is 0 Å². The van der Waals surface area contributed by atoms with E-state index in [4.69, 9.17) is 10.5 Å². The highest BCUT2D eigenvalue weighted by atomic mass is 16.5. The van der Waals surface area contributed by atoms with Crippen LogP contribution >= 0.6 is 0 Å². The Balaban J connectivity index is 2.12. The van der Waals surface area contributed by atoms with Crippen LogP contribution in [0.1, 0.15) is 17.2 Å². The smallest absolute Gasteiger partial charge is 0.0950 e. The lowest BCUT2D eigenvalue weighted by Crippen LogP contribution is -2.23. The van der Waals surface area contributed by atoms with Crippen LogP contribution in [0.3, 0.4) is 0 Å². The van der Waals surface area contributed by atoms with Crippen LogP contribution in [-0.4, -0.2) is 23.3 Å². The maximum absolute atomic E-state index is 5.76. The second-order valence-corrected chi connectivity index (χ2v) is 4.35. The Kier molecular flexibility index (Phi) is 3.04. The Morgan fingerprint density at radius 2 is 2.22 bits per heavy atom. The molecule has 1 aromatic carbocycles. The van der Waals surface area contributed by atoms with Crippen LogP contribution in [0.5, 0.6) is 0 Å². The molecule has 2 heterocycles. The quantitative estimate of drug-likeness (QED) is 0.869. The molecule has 1 aliphatic rings. The largest absolute Gasteiger partial charge is 0.372 e. The number of benzene rings is 1. The number of nitrogens with zero attached hydrogens (tertiary/aromatic N) is 2. The summed E-state index contributed by atoms with van der Waals surface area (Å²) in [6.45, 7) is 1.25. The first-order chi connectivity index (χ1) is 8.90. The minimum atomic E-state index is 0.0171. The third kappa shape index (κ3) is 1.89. The predicted molar refractivity (Wildman–Crippen MR) is 68.9 cm³/mol. The predicted octanol–water partition coefficient (Wildman–Crippen LogP) is 1.72. The number of fused-ring (bicyclic) bond motifs is 1. The van der Waals surface area contributed by atoms with E-state index in [1.807, 2.05) is 12.1 Å². The van der Waals surface area contributed by atoms with Gasteiger partial charge in [-0.1, -0.05) is 18.2 Å². The fourth-order valence-corrected chi connectivity index (χ4v) is 2.49. The van der Waals surface area contributed by atoms with E-state index in [2.05, 4.69) is 22.3 Å². The van der Waals surface area contributed by atoms with Gasteiger partial charge in [-0.15, -0.1) is 0 Å². The standard InChI is InChI=1S/C14H15N3O/c15-8-14-13-3-1-2-11(12(13)5-7-18-14)10-4-6-16-17-9-10/h1-4,6,9,14H,5,7-8,15H2. The van der Waals surface area contributed by atoms with Crippen molar-refractivity contribution >= 4 is 0 Å². The van der Waals surface area contributed by atoms with Crippen LogP contribution in [0, 0.1) is 0 Å². The fraction of sp³-hybridized carbons (Fsp3) is 0.286. The van der Waals surface area contributed by atoms with Gasteiger partial charge < -0.3 is 10.5 Å². The van der Waals surface area contributed by atoms with Crippen LogP contribution in [0.2, 0.25) is 0 Å². The van der Waals surface area contributed by atoms with E-state index in [1.165, 1.54) is 16.7 Å². The van der Waals surface area contributed by atoms with Crippen molar-refractivity contribution in [3.63, 3.8) is 0 Å². The number of nitrogens with two attached hydrogens (primary N) is 1. The molecule has 0 saturated carbocycles. The molecule has 92 valence electrons. The summed E-state index contributed by atoms with van der Waals surface area (Å²) in [6.07, 6.45) is 4.45. The van der Waals surface area contributed by atoms with Crippen LogP contribution in [0.4, 0.5) is 0 Å². The van der Waals surface area contributed by atoms with E-state index in [-0.39, 0.29) is 6.10 Å². The Labute approximate surface area is 106 Å². The fourth-order valence-electron chi connectivity index (χ4n) is 2.49. The first-order valence-electron chi connectivity index (χ1n) is 6.10. The Hall–Kier alpha value is -1.78. The highest BCUT2D eigenvalue weighted by Crippen LogP contribution is 2.33. The van der Waals surface area contributed by atoms with E-state index in [9.17, 15) is 0 Å². The first kappa shape index (κ1) is 11.3. The van der Waals surface area contributed by atoms with Crippen molar-refractivity contribution in [2.24, 2.45) is 5.73 Å². The molecule has 0 aliphatic carbocycles. The number of rotatable bonds is 2. The van der Waals surface area contributed by atoms with Gasteiger partial charge in [-0.25, -0.2) is 0 Å². The molecule has 0 bridgehead atoms. The van der Waals surface area contributed by atoms with Crippen LogP contribution in [-0.2, 0) is 11.2 Å². The van der Waals surface area contributed by atoms with Gasteiger partial charge in [0.15, 0.2) is 0 Å². The van der Waals surface area contributed by atoms with Crippen LogP contribution < -0.4 is 5.73 Å². The number of hydrogen-bond donors (Lipinski definition) is 1. The van der Waals surface area contributed by atoms with Gasteiger partial charge in [0.1, 0.15) is 0 Å². The summed E-state index contributed by atoms with van der Waals surface area (Å²) in [5, 5.41) is 7.76. The molecule has 1 aliphatic heterocycles. The van der Waals surface area contributed by atoms with Crippen molar-refractivity contribution in [2.45, 2.75) is 12.5 Å². The van der Waals surface area contributed by atoms with Gasteiger partial charge in [0.05, 0.1) is 25.1 Å². The van der Waals surface area contributed by atoms with E-state index in [0.717, 1.165) is 18.6 Å². The van der Waals surface area contributed by atoms with Gasteiger partial charge in [0.2, 0.25) is 0 Å². The molecule has 0 saturated heterocycles. The summed E-state index contributed by atoms with van der Waals surface area (Å²) in [5.74, 6) is 0. The zero-order valence-corrected chi connectivity index (χ0v) is 10.0. The van der Waals surface area contributed by atoms with Crippen molar-refractivity contribution in [3.05, 3.63) is 47.8 Å². The molecule has 1 unspecified atom stereocenters. The number of aromatic nitrogens is 2. The summed E-state index contributed by atoms with van der Waals surface area (Å²) in [6, 6.07) is 8.25. The number of ether oxygens (including phenoxy) is 1. The lowest BCUT2D eigenvalue weighted by molar-refractivity contribution is 0.0486. The van der Waals surface area contributed by atoms with E-state index < -0.39 is 0 Å². The van der Waals surface area contributed by atoms with Crippen molar-refractivity contribution in [1.82, 2.24) is 10.2 Å². The zero-order chi connectivity index (χ0) is 12.4. The highest BCUT2D eigenvalue weighted by molar-refractivity contribution is 5.68. The molecule has 0 radical (unpaired) electrons. The molecule has 0 spiro atoms. The van der Waals surface area contributed by atoms with Gasteiger partial charge in [-0.2, -0.15) is 10.2 Å². The summed E-state index contributed by atoms with van der Waals surface area (Å²) in [5.41, 5.74) is 10.6. The monoisotopic (exact) mass is 241 g/mol. The molecule has 4 heteroatoms. The first-order valence-corrected chi connectivity index (χ1v) is 6.10. The van der Waals surface area contributed by atoms with Gasteiger partial charge in [0.25, 0.3) is 0 Å². The second-order valence-electron chi connectivity index (χ2n) is 4.35. The maximum atomic E-state index is 5.76. The van der Waals surface area contributed by atoms with Crippen molar-refractivity contribution in [2.75, 3.05) is 13.2 Å². The number of hydrogen-bond acceptors (Lipinski definition) is 4. The topological polar surface area (TPSA) is 61.0 Å². The summed E-state index contributed by atoms with van der Waals surface area (Å²) in [4.78, 5) is 0. The average molecular weight is 241 g/mol. The molecule has 0 amide bonds. The normalized spacial score (nSPS) is 18.4. The van der Waals surface area contributed by atoms with Gasteiger partial charge in [0, 0.05) is 12.1 Å². The van der Waals surface area contributed by atoms with E-state index >= 15 is 0 Å². The zero-order valence-electron chi connectivity index (χ0n) is 10.0. The molecule has 0 fully saturated rings. The highest BCUT2D eigenvalue weighted by Gasteiger charge is 2.21. The lowest BCUT2D eigenvalue weighted by Gasteiger charge is -2.26. The average Bonchev–Trinajstić information content (AvgIpc) is 2.47. The Morgan fingerprint density at radius 1 is 1.28 bits per heavy atom. The maximum Gasteiger partial charge on any atom is 0.0950 e.